The number of fused-ring (bicyclic) bond motifs is 2. The van der Waals surface area contributed by atoms with Crippen LogP contribution in [0, 0.1) is 0 Å². The molecular weight excluding hydrogens is 544 g/mol. The Morgan fingerprint density at radius 3 is 2.48 bits per heavy atom. The third-order valence-corrected chi connectivity index (χ3v) is 8.27. The molecule has 3 N–H and O–H groups in total. The van der Waals surface area contributed by atoms with Crippen molar-refractivity contribution in [2.75, 3.05) is 13.1 Å². The highest BCUT2D eigenvalue weighted by Crippen LogP contribution is 2.31. The van der Waals surface area contributed by atoms with Crippen LogP contribution < -0.4 is 10.6 Å². The summed E-state index contributed by atoms with van der Waals surface area (Å²) in [6.07, 6.45) is 1.59. The van der Waals surface area contributed by atoms with Gasteiger partial charge in [-0.15, -0.1) is 0 Å². The van der Waals surface area contributed by atoms with Crippen LogP contribution in [0.2, 0.25) is 0 Å². The Hall–Kier alpha value is -4.28. The van der Waals surface area contributed by atoms with Gasteiger partial charge in [-0.05, 0) is 49.9 Å². The number of carbonyl (C=O) groups is 4. The number of hydrogen-bond acceptors (Lipinski definition) is 4. The van der Waals surface area contributed by atoms with E-state index in [0.29, 0.717) is 36.7 Å². The molecule has 2 aliphatic heterocycles. The summed E-state index contributed by atoms with van der Waals surface area (Å²) in [7, 11) is 0. The molecule has 2 aromatic carbocycles. The summed E-state index contributed by atoms with van der Waals surface area (Å²) in [4.78, 5) is 59.2. The van der Waals surface area contributed by atoms with Gasteiger partial charge >= 0.3 is 0 Å². The van der Waals surface area contributed by atoms with Crippen molar-refractivity contribution in [3.05, 3.63) is 71.4 Å². The minimum absolute atomic E-state index is 0.0513. The van der Waals surface area contributed by atoms with E-state index in [1.54, 1.807) is 4.90 Å². The van der Waals surface area contributed by atoms with Crippen molar-refractivity contribution in [3.8, 4) is 0 Å². The number of rotatable bonds is 6. The standard InChI is InChI=1S/C31H35F2N5O4/c1-18(20-7-5-4-6-8-20)34-29(41)27-12-10-23-13-14-37(19(2)39)17-26(30(42)38(23)27)36-28(40)25-16-21-15-22(31(3,32)33)9-11-24(21)35-25/h4-9,11,15-16,18,23,26-27,35H,10,12-14,17H2,1-3H3,(H,34,41)(H,36,40)/t18-,23-,26+,27+/m1/s1. The number of halogens is 2. The summed E-state index contributed by atoms with van der Waals surface area (Å²) >= 11 is 0. The first-order valence-corrected chi connectivity index (χ1v) is 14.2. The lowest BCUT2D eigenvalue weighted by atomic mass is 10.1. The van der Waals surface area contributed by atoms with Gasteiger partial charge in [0.2, 0.25) is 17.7 Å². The molecule has 1 aromatic heterocycles. The maximum absolute atomic E-state index is 14.0. The topological polar surface area (TPSA) is 115 Å². The van der Waals surface area contributed by atoms with E-state index >= 15 is 0 Å². The molecule has 42 heavy (non-hydrogen) atoms. The van der Waals surface area contributed by atoms with E-state index in [2.05, 4.69) is 15.6 Å². The molecule has 0 aliphatic carbocycles. The number of carbonyl (C=O) groups excluding carboxylic acids is 4. The van der Waals surface area contributed by atoms with E-state index in [0.717, 1.165) is 12.5 Å². The van der Waals surface area contributed by atoms with Gasteiger partial charge in [-0.25, -0.2) is 8.78 Å². The number of nitrogens with one attached hydrogen (secondary N) is 3. The number of hydrogen-bond donors (Lipinski definition) is 3. The second-order valence-corrected chi connectivity index (χ2v) is 11.3. The summed E-state index contributed by atoms with van der Waals surface area (Å²) in [6, 6.07) is 12.7. The van der Waals surface area contributed by atoms with Gasteiger partial charge in [-0.1, -0.05) is 36.4 Å². The SMILES string of the molecule is CC(=O)N1CC[C@H]2CC[C@@H](C(=O)N[C@H](C)c3ccccc3)N2C(=O)[C@@H](NC(=O)c2cc3cc(C(C)(F)F)ccc3[nH]2)C1. The van der Waals surface area contributed by atoms with Crippen molar-refractivity contribution >= 4 is 34.5 Å². The van der Waals surface area contributed by atoms with E-state index in [1.807, 2.05) is 37.3 Å². The van der Waals surface area contributed by atoms with E-state index in [4.69, 9.17) is 0 Å². The molecule has 4 atom stereocenters. The number of benzene rings is 2. The number of aromatic amines is 1. The van der Waals surface area contributed by atoms with Gasteiger partial charge in [-0.2, -0.15) is 0 Å². The molecule has 3 heterocycles. The molecule has 11 heteroatoms. The average molecular weight is 580 g/mol. The Labute approximate surface area is 242 Å². The second kappa shape index (κ2) is 11.5. The molecule has 4 amide bonds. The zero-order valence-electron chi connectivity index (χ0n) is 23.8. The molecule has 2 aliphatic rings. The summed E-state index contributed by atoms with van der Waals surface area (Å²) in [5.74, 6) is -4.58. The van der Waals surface area contributed by atoms with Crippen LogP contribution in [0.4, 0.5) is 8.78 Å². The second-order valence-electron chi connectivity index (χ2n) is 11.3. The largest absolute Gasteiger partial charge is 0.351 e. The maximum atomic E-state index is 14.0. The Morgan fingerprint density at radius 1 is 1.05 bits per heavy atom. The van der Waals surface area contributed by atoms with Crippen LogP contribution >= 0.6 is 0 Å². The first kappa shape index (κ1) is 29.2. The van der Waals surface area contributed by atoms with Crippen LogP contribution in [-0.4, -0.2) is 69.6 Å². The quantitative estimate of drug-likeness (QED) is 0.411. The van der Waals surface area contributed by atoms with Crippen molar-refractivity contribution in [2.45, 2.75) is 70.1 Å². The summed E-state index contributed by atoms with van der Waals surface area (Å²) in [6.45, 7) is 4.43. The average Bonchev–Trinajstić information content (AvgIpc) is 3.57. The number of H-pyrrole nitrogens is 1. The van der Waals surface area contributed by atoms with E-state index in [9.17, 15) is 28.0 Å². The van der Waals surface area contributed by atoms with E-state index in [-0.39, 0.29) is 41.7 Å². The van der Waals surface area contributed by atoms with Crippen LogP contribution in [0.25, 0.3) is 10.9 Å². The van der Waals surface area contributed by atoms with Crippen molar-refractivity contribution in [3.63, 3.8) is 0 Å². The van der Waals surface area contributed by atoms with Gasteiger partial charge in [0.15, 0.2) is 0 Å². The first-order chi connectivity index (χ1) is 19.9. The summed E-state index contributed by atoms with van der Waals surface area (Å²) in [5.41, 5.74) is 1.34. The lowest BCUT2D eigenvalue weighted by molar-refractivity contribution is -0.145. The molecule has 2 saturated heterocycles. The zero-order valence-corrected chi connectivity index (χ0v) is 23.8. The Morgan fingerprint density at radius 2 is 1.79 bits per heavy atom. The maximum Gasteiger partial charge on any atom is 0.270 e. The van der Waals surface area contributed by atoms with Gasteiger partial charge in [0.05, 0.1) is 6.04 Å². The number of aromatic nitrogens is 1. The summed E-state index contributed by atoms with van der Waals surface area (Å²) < 4.78 is 27.7. The van der Waals surface area contributed by atoms with Crippen LogP contribution in [-0.2, 0) is 20.3 Å². The molecule has 2 fully saturated rings. The highest BCUT2D eigenvalue weighted by atomic mass is 19.3. The zero-order chi connectivity index (χ0) is 30.2. The molecule has 0 bridgehead atoms. The van der Waals surface area contributed by atoms with Gasteiger partial charge in [-0.3, -0.25) is 19.2 Å². The summed E-state index contributed by atoms with van der Waals surface area (Å²) in [5, 5.41) is 6.20. The van der Waals surface area contributed by atoms with Crippen LogP contribution in [0.1, 0.15) is 67.7 Å². The lowest BCUT2D eigenvalue weighted by Gasteiger charge is -2.38. The third kappa shape index (κ3) is 6.00. The molecule has 9 nitrogen and oxygen atoms in total. The fraction of sp³-hybridized carbons (Fsp3) is 0.419. The minimum atomic E-state index is -3.04. The monoisotopic (exact) mass is 579 g/mol. The van der Waals surface area contributed by atoms with Crippen LogP contribution in [0.15, 0.2) is 54.6 Å². The number of amides is 4. The van der Waals surface area contributed by atoms with Crippen LogP contribution in [0.3, 0.4) is 0 Å². The van der Waals surface area contributed by atoms with Crippen LogP contribution in [0.5, 0.6) is 0 Å². The predicted octanol–water partition coefficient (Wildman–Crippen LogP) is 3.87. The Kier molecular flexibility index (Phi) is 8.03. The predicted molar refractivity (Wildman–Crippen MR) is 153 cm³/mol. The number of alkyl halides is 2. The molecule has 0 radical (unpaired) electrons. The van der Waals surface area contributed by atoms with Crippen molar-refractivity contribution in [1.29, 1.82) is 0 Å². The van der Waals surface area contributed by atoms with Crippen molar-refractivity contribution in [1.82, 2.24) is 25.4 Å². The lowest BCUT2D eigenvalue weighted by Crippen LogP contribution is -2.61. The van der Waals surface area contributed by atoms with Gasteiger partial charge in [0.25, 0.3) is 11.8 Å². The molecule has 222 valence electrons. The molecular formula is C31H35F2N5O4. The Balaban J connectivity index is 1.37. The van der Waals surface area contributed by atoms with Gasteiger partial charge < -0.3 is 25.4 Å². The number of nitrogens with zero attached hydrogens (tertiary/aromatic N) is 2. The fourth-order valence-corrected chi connectivity index (χ4v) is 5.92. The molecule has 0 unspecified atom stereocenters. The molecule has 0 saturated carbocycles. The first-order valence-electron chi connectivity index (χ1n) is 14.2. The minimum Gasteiger partial charge on any atom is -0.351 e. The third-order valence-electron chi connectivity index (χ3n) is 8.27. The smallest absolute Gasteiger partial charge is 0.270 e. The molecule has 5 rings (SSSR count). The molecule has 3 aromatic rings. The fourth-order valence-electron chi connectivity index (χ4n) is 5.92. The van der Waals surface area contributed by atoms with E-state index in [1.165, 1.54) is 36.1 Å². The highest BCUT2D eigenvalue weighted by Gasteiger charge is 2.45. The van der Waals surface area contributed by atoms with Crippen molar-refractivity contribution in [2.24, 2.45) is 0 Å². The van der Waals surface area contributed by atoms with Gasteiger partial charge in [0, 0.05) is 49.4 Å². The normalized spacial score (nSPS) is 21.8. The Bertz CT molecular complexity index is 1500. The molecule has 0 spiro atoms. The van der Waals surface area contributed by atoms with E-state index < -0.39 is 29.8 Å². The van der Waals surface area contributed by atoms with Crippen molar-refractivity contribution < 1.29 is 28.0 Å². The van der Waals surface area contributed by atoms with Gasteiger partial charge in [0.1, 0.15) is 17.8 Å². The highest BCUT2D eigenvalue weighted by molar-refractivity contribution is 6.01.